The normalized spacial score (nSPS) is 12.1. The number of nitrogens with two attached hydrogens (primary N) is 1. The van der Waals surface area contributed by atoms with Gasteiger partial charge in [0.2, 0.25) is 5.91 Å². The summed E-state index contributed by atoms with van der Waals surface area (Å²) >= 11 is 7.39. The molecule has 0 aliphatic carbocycles. The van der Waals surface area contributed by atoms with Gasteiger partial charge in [0, 0.05) is 51.0 Å². The largest absolute Gasteiger partial charge is 0.336 e. The van der Waals surface area contributed by atoms with Crippen LogP contribution >= 0.6 is 39.5 Å². The molecule has 0 saturated heterocycles. The van der Waals surface area contributed by atoms with Crippen molar-refractivity contribution in [1.29, 1.82) is 0 Å². The summed E-state index contributed by atoms with van der Waals surface area (Å²) in [6.45, 7) is 0.829. The van der Waals surface area contributed by atoms with Gasteiger partial charge in [-0.3, -0.25) is 10.2 Å². The van der Waals surface area contributed by atoms with Gasteiger partial charge in [-0.1, -0.05) is 73.2 Å². The highest BCUT2D eigenvalue weighted by Crippen LogP contribution is 2.50. The maximum Gasteiger partial charge on any atom is 0.233 e. The molecule has 0 atom stereocenters. The van der Waals surface area contributed by atoms with E-state index < -0.39 is 0 Å². The van der Waals surface area contributed by atoms with Crippen molar-refractivity contribution in [3.8, 4) is 0 Å². The second-order valence-electron chi connectivity index (χ2n) is 9.14. The van der Waals surface area contributed by atoms with Crippen molar-refractivity contribution >= 4 is 62.3 Å². The Labute approximate surface area is 243 Å². The Kier molecular flexibility index (Phi) is 11.6. The fraction of sp³-hybridized carbons (Fsp3) is 0.290. The highest BCUT2D eigenvalue weighted by molar-refractivity contribution is 9.10. The number of anilines is 2. The number of nitrogens with one attached hydrogen (secondary N) is 1. The van der Waals surface area contributed by atoms with E-state index in [0.29, 0.717) is 6.42 Å². The number of rotatable bonds is 14. The average molecular weight is 610 g/mol. The molecule has 3 N–H and O–H groups in total. The van der Waals surface area contributed by atoms with Crippen molar-refractivity contribution in [1.82, 2.24) is 5.43 Å². The molecule has 1 aliphatic heterocycles. The maximum atomic E-state index is 11.4. The molecule has 38 heavy (non-hydrogen) atoms. The van der Waals surface area contributed by atoms with Crippen LogP contribution in [0.5, 0.6) is 0 Å². The number of nitrogens with zero attached hydrogens (tertiary/aromatic N) is 1. The van der Waals surface area contributed by atoms with E-state index in [1.807, 2.05) is 23.5 Å². The fourth-order valence-electron chi connectivity index (χ4n) is 4.58. The number of hydrogen-bond acceptors (Lipinski definition) is 5. The van der Waals surface area contributed by atoms with E-state index in [-0.39, 0.29) is 5.91 Å². The van der Waals surface area contributed by atoms with Crippen LogP contribution in [-0.2, 0) is 11.3 Å². The SMILES string of the molecule is NNC(=O)CCCCCSC(SCCC[CH+]Br)=C1c2ccccc2N(Cc2ccccc2)c2ccccc21. The van der Waals surface area contributed by atoms with Crippen molar-refractivity contribution < 1.29 is 4.79 Å². The smallest absolute Gasteiger partial charge is 0.233 e. The van der Waals surface area contributed by atoms with Gasteiger partial charge in [-0.05, 0) is 42.7 Å². The Morgan fingerprint density at radius 2 is 1.42 bits per heavy atom. The summed E-state index contributed by atoms with van der Waals surface area (Å²) in [6, 6.07) is 28.4. The molecule has 4 nitrogen and oxygen atoms in total. The molecule has 4 rings (SSSR count). The van der Waals surface area contributed by atoms with E-state index in [1.54, 1.807) is 0 Å². The molecule has 0 saturated carbocycles. The van der Waals surface area contributed by atoms with Gasteiger partial charge < -0.3 is 4.90 Å². The molecule has 0 fully saturated rings. The zero-order chi connectivity index (χ0) is 26.6. The minimum Gasteiger partial charge on any atom is -0.336 e. The number of carbonyl (C=O) groups excluding carboxylic acids is 1. The van der Waals surface area contributed by atoms with Crippen molar-refractivity contribution in [2.75, 3.05) is 16.4 Å². The quantitative estimate of drug-likeness (QED) is 0.0632. The lowest BCUT2D eigenvalue weighted by Crippen LogP contribution is -2.29. The number of carbonyl (C=O) groups is 1. The predicted molar refractivity (Wildman–Crippen MR) is 169 cm³/mol. The minimum absolute atomic E-state index is 0.0879. The molecular formula is C31H35BrN3OS2+. The van der Waals surface area contributed by atoms with Crippen molar-refractivity contribution in [3.05, 3.63) is 105 Å². The second kappa shape index (κ2) is 15.3. The number of unbranched alkanes of at least 4 members (excludes halogenated alkanes) is 3. The number of para-hydroxylation sites is 2. The Bertz CT molecular complexity index is 1170. The summed E-state index contributed by atoms with van der Waals surface area (Å²) in [5, 5.41) is 2.07. The van der Waals surface area contributed by atoms with Crippen LogP contribution in [0.25, 0.3) is 5.57 Å². The topological polar surface area (TPSA) is 58.4 Å². The monoisotopic (exact) mass is 608 g/mol. The first kappa shape index (κ1) is 28.7. The van der Waals surface area contributed by atoms with E-state index >= 15 is 0 Å². The highest BCUT2D eigenvalue weighted by Gasteiger charge is 2.28. The lowest BCUT2D eigenvalue weighted by atomic mass is 9.91. The number of amides is 1. The maximum absolute atomic E-state index is 11.4. The van der Waals surface area contributed by atoms with Crippen LogP contribution in [0.4, 0.5) is 11.4 Å². The molecule has 7 heteroatoms. The van der Waals surface area contributed by atoms with Crippen LogP contribution in [0, 0.1) is 5.33 Å². The van der Waals surface area contributed by atoms with Gasteiger partial charge in [0.25, 0.3) is 0 Å². The zero-order valence-electron chi connectivity index (χ0n) is 21.6. The zero-order valence-corrected chi connectivity index (χ0v) is 24.8. The van der Waals surface area contributed by atoms with Crippen LogP contribution < -0.4 is 16.2 Å². The Morgan fingerprint density at radius 3 is 2.05 bits per heavy atom. The Balaban J connectivity index is 1.65. The molecule has 0 radical (unpaired) electrons. The first-order valence-corrected chi connectivity index (χ1v) is 16.0. The highest BCUT2D eigenvalue weighted by atomic mass is 79.9. The molecular weight excluding hydrogens is 574 g/mol. The first-order valence-electron chi connectivity index (χ1n) is 13.1. The van der Waals surface area contributed by atoms with E-state index in [2.05, 4.69) is 110 Å². The second-order valence-corrected chi connectivity index (χ2v) is 12.3. The molecule has 1 heterocycles. The van der Waals surface area contributed by atoms with Gasteiger partial charge in [0.1, 0.15) is 6.42 Å². The van der Waals surface area contributed by atoms with Gasteiger partial charge in [-0.25, -0.2) is 5.84 Å². The number of benzene rings is 3. The van der Waals surface area contributed by atoms with Crippen molar-refractivity contribution in [2.24, 2.45) is 5.84 Å². The fourth-order valence-corrected chi connectivity index (χ4v) is 7.50. The van der Waals surface area contributed by atoms with Crippen LogP contribution in [0.15, 0.2) is 83.1 Å². The molecule has 198 valence electrons. The molecule has 3 aromatic carbocycles. The van der Waals surface area contributed by atoms with Gasteiger partial charge in [-0.2, -0.15) is 0 Å². The molecule has 3 aromatic rings. The molecule has 0 spiro atoms. The summed E-state index contributed by atoms with van der Waals surface area (Å²) < 4.78 is 1.39. The number of fused-ring (bicyclic) bond motifs is 2. The summed E-state index contributed by atoms with van der Waals surface area (Å²) in [4.78, 5) is 13.9. The van der Waals surface area contributed by atoms with Crippen molar-refractivity contribution in [3.63, 3.8) is 0 Å². The summed E-state index contributed by atoms with van der Waals surface area (Å²) in [7, 11) is 0. The van der Waals surface area contributed by atoms with Gasteiger partial charge in [0.15, 0.2) is 21.3 Å². The Morgan fingerprint density at radius 1 is 0.816 bits per heavy atom. The number of hydrogen-bond donors (Lipinski definition) is 2. The van der Waals surface area contributed by atoms with Gasteiger partial charge >= 0.3 is 0 Å². The van der Waals surface area contributed by atoms with Crippen LogP contribution in [0.1, 0.15) is 55.2 Å². The molecule has 0 bridgehead atoms. The van der Waals surface area contributed by atoms with Gasteiger partial charge in [-0.15, -0.1) is 23.5 Å². The average Bonchev–Trinajstić information content (AvgIpc) is 2.96. The van der Waals surface area contributed by atoms with Gasteiger partial charge in [0.05, 0.1) is 0 Å². The molecule has 1 aliphatic rings. The van der Waals surface area contributed by atoms with E-state index in [9.17, 15) is 4.79 Å². The summed E-state index contributed by atoms with van der Waals surface area (Å²) in [5.41, 5.74) is 9.97. The third kappa shape index (κ3) is 7.63. The number of halogens is 1. The standard InChI is InChI=1S/C31H34BrN3OS2/c32-20-10-12-22-38-31(37-21-11-2-5-19-29(36)34-33)30-25-15-6-8-17-27(25)35(23-24-13-3-1-4-14-24)28-18-9-7-16-26(28)30/h1,3-4,6-9,13-18,20H,2,5,10-12,19,21-23,33H2/p+1. The summed E-state index contributed by atoms with van der Waals surface area (Å²) in [5.74, 6) is 7.22. The predicted octanol–water partition coefficient (Wildman–Crippen LogP) is 8.41. The third-order valence-electron chi connectivity index (χ3n) is 6.45. The molecule has 0 unspecified atom stereocenters. The van der Waals surface area contributed by atoms with Crippen molar-refractivity contribution in [2.45, 2.75) is 45.1 Å². The summed E-state index contributed by atoms with van der Waals surface area (Å²) in [6.07, 6.45) is 5.63. The number of hydrazine groups is 1. The van der Waals surface area contributed by atoms with Crippen LogP contribution in [0.3, 0.4) is 0 Å². The van der Waals surface area contributed by atoms with Crippen LogP contribution in [0.2, 0.25) is 0 Å². The number of thioether (sulfide) groups is 2. The lowest BCUT2D eigenvalue weighted by molar-refractivity contribution is -0.121. The lowest BCUT2D eigenvalue weighted by Gasteiger charge is -2.35. The van der Waals surface area contributed by atoms with E-state index in [1.165, 1.54) is 37.9 Å². The Hall–Kier alpha value is -2.32. The third-order valence-corrected chi connectivity index (χ3v) is 9.53. The van der Waals surface area contributed by atoms with Crippen LogP contribution in [-0.4, -0.2) is 17.4 Å². The van der Waals surface area contributed by atoms with E-state index in [0.717, 1.165) is 50.2 Å². The molecule has 1 amide bonds. The first-order chi connectivity index (χ1) is 18.7. The molecule has 0 aromatic heterocycles. The minimum atomic E-state index is -0.0879. The van der Waals surface area contributed by atoms with E-state index in [4.69, 9.17) is 5.84 Å².